The van der Waals surface area contributed by atoms with E-state index in [1.165, 1.54) is 19.2 Å². The van der Waals surface area contributed by atoms with Crippen molar-refractivity contribution in [2.45, 2.75) is 19.5 Å². The molecule has 0 unspecified atom stereocenters. The lowest BCUT2D eigenvalue weighted by molar-refractivity contribution is -0.107. The van der Waals surface area contributed by atoms with E-state index in [2.05, 4.69) is 4.74 Å². The Morgan fingerprint density at radius 1 is 1.44 bits per heavy atom. The number of alkyl halides is 2. The minimum absolute atomic E-state index is 0.0812. The van der Waals surface area contributed by atoms with Crippen molar-refractivity contribution in [3.05, 3.63) is 23.8 Å². The summed E-state index contributed by atoms with van der Waals surface area (Å²) in [6, 6.07) is 4.52. The SMILES string of the molecule is COc1ccc(OC(F)F)c(CCC=O)c1. The molecule has 5 heteroatoms. The van der Waals surface area contributed by atoms with Gasteiger partial charge in [-0.25, -0.2) is 0 Å². The molecule has 0 aliphatic carbocycles. The highest BCUT2D eigenvalue weighted by Gasteiger charge is 2.10. The molecule has 1 rings (SSSR count). The number of carbonyl (C=O) groups is 1. The van der Waals surface area contributed by atoms with Crippen LogP contribution < -0.4 is 9.47 Å². The van der Waals surface area contributed by atoms with E-state index in [0.29, 0.717) is 17.7 Å². The number of aldehydes is 1. The van der Waals surface area contributed by atoms with E-state index in [-0.39, 0.29) is 12.2 Å². The van der Waals surface area contributed by atoms with E-state index < -0.39 is 6.61 Å². The second-order valence-corrected chi connectivity index (χ2v) is 3.06. The van der Waals surface area contributed by atoms with E-state index >= 15 is 0 Å². The van der Waals surface area contributed by atoms with Crippen LogP contribution in [0.25, 0.3) is 0 Å². The van der Waals surface area contributed by atoms with Gasteiger partial charge in [0.1, 0.15) is 17.8 Å². The van der Waals surface area contributed by atoms with Gasteiger partial charge in [-0.1, -0.05) is 0 Å². The van der Waals surface area contributed by atoms with E-state index in [4.69, 9.17) is 4.74 Å². The zero-order valence-electron chi connectivity index (χ0n) is 8.78. The molecule has 16 heavy (non-hydrogen) atoms. The lowest BCUT2D eigenvalue weighted by Gasteiger charge is -2.11. The molecule has 1 aromatic carbocycles. The van der Waals surface area contributed by atoms with Crippen LogP contribution in [-0.2, 0) is 11.2 Å². The van der Waals surface area contributed by atoms with Crippen LogP contribution in [0.1, 0.15) is 12.0 Å². The van der Waals surface area contributed by atoms with Gasteiger partial charge in [-0.05, 0) is 30.2 Å². The molecule has 0 aromatic heterocycles. The molecule has 0 atom stereocenters. The van der Waals surface area contributed by atoms with Crippen LogP contribution in [0.2, 0.25) is 0 Å². The molecule has 1 aromatic rings. The first-order valence-corrected chi connectivity index (χ1v) is 4.72. The summed E-state index contributed by atoms with van der Waals surface area (Å²) in [7, 11) is 1.48. The maximum atomic E-state index is 12.1. The maximum absolute atomic E-state index is 12.1. The van der Waals surface area contributed by atoms with Crippen molar-refractivity contribution in [1.82, 2.24) is 0 Å². The van der Waals surface area contributed by atoms with Gasteiger partial charge in [0.25, 0.3) is 0 Å². The third-order valence-electron chi connectivity index (χ3n) is 2.02. The number of methoxy groups -OCH3 is 1. The van der Waals surface area contributed by atoms with Crippen LogP contribution in [-0.4, -0.2) is 20.0 Å². The Balaban J connectivity index is 2.91. The van der Waals surface area contributed by atoms with E-state index in [1.807, 2.05) is 0 Å². The number of aryl methyl sites for hydroxylation is 1. The van der Waals surface area contributed by atoms with E-state index in [0.717, 1.165) is 6.29 Å². The number of benzene rings is 1. The van der Waals surface area contributed by atoms with Crippen LogP contribution in [0.4, 0.5) is 8.78 Å². The molecule has 0 N–H and O–H groups in total. The molecule has 3 nitrogen and oxygen atoms in total. The minimum atomic E-state index is -2.87. The fourth-order valence-electron chi connectivity index (χ4n) is 1.30. The Kier molecular flexibility index (Phi) is 4.69. The molecular weight excluding hydrogens is 218 g/mol. The molecule has 0 spiro atoms. The first-order chi connectivity index (χ1) is 7.67. The summed E-state index contributed by atoms with van der Waals surface area (Å²) in [5.74, 6) is 0.625. The molecule has 0 amide bonds. The van der Waals surface area contributed by atoms with Gasteiger partial charge in [0.05, 0.1) is 7.11 Å². The van der Waals surface area contributed by atoms with Gasteiger partial charge in [-0.2, -0.15) is 8.78 Å². The van der Waals surface area contributed by atoms with Gasteiger partial charge in [0.2, 0.25) is 0 Å². The topological polar surface area (TPSA) is 35.5 Å². The summed E-state index contributed by atoms with van der Waals surface area (Å²) < 4.78 is 33.5. The van der Waals surface area contributed by atoms with Crippen LogP contribution in [0, 0.1) is 0 Å². The van der Waals surface area contributed by atoms with Crippen molar-refractivity contribution in [1.29, 1.82) is 0 Å². The summed E-state index contributed by atoms with van der Waals surface area (Å²) >= 11 is 0. The van der Waals surface area contributed by atoms with Crippen LogP contribution >= 0.6 is 0 Å². The first kappa shape index (κ1) is 12.4. The van der Waals surface area contributed by atoms with Crippen molar-refractivity contribution in [3.8, 4) is 11.5 Å². The Morgan fingerprint density at radius 2 is 2.19 bits per heavy atom. The molecule has 88 valence electrons. The van der Waals surface area contributed by atoms with Gasteiger partial charge < -0.3 is 14.3 Å². The summed E-state index contributed by atoms with van der Waals surface area (Å²) in [5, 5.41) is 0. The third-order valence-corrected chi connectivity index (χ3v) is 2.02. The van der Waals surface area contributed by atoms with Gasteiger partial charge in [0.15, 0.2) is 0 Å². The zero-order valence-corrected chi connectivity index (χ0v) is 8.78. The number of carbonyl (C=O) groups excluding carboxylic acids is 1. The van der Waals surface area contributed by atoms with Crippen LogP contribution in [0.15, 0.2) is 18.2 Å². The Labute approximate surface area is 92.0 Å². The van der Waals surface area contributed by atoms with Crippen LogP contribution in [0.3, 0.4) is 0 Å². The highest BCUT2D eigenvalue weighted by Crippen LogP contribution is 2.26. The van der Waals surface area contributed by atoms with E-state index in [9.17, 15) is 13.6 Å². The maximum Gasteiger partial charge on any atom is 0.387 e. The lowest BCUT2D eigenvalue weighted by atomic mass is 10.1. The van der Waals surface area contributed by atoms with Crippen molar-refractivity contribution in [2.24, 2.45) is 0 Å². The van der Waals surface area contributed by atoms with Gasteiger partial charge in [-0.3, -0.25) is 0 Å². The number of hydrogen-bond donors (Lipinski definition) is 0. The number of halogens is 2. The second kappa shape index (κ2) is 6.05. The van der Waals surface area contributed by atoms with Crippen molar-refractivity contribution < 1.29 is 23.0 Å². The molecule has 0 saturated heterocycles. The highest BCUT2D eigenvalue weighted by molar-refractivity contribution is 5.51. The molecule has 0 aliphatic heterocycles. The third kappa shape index (κ3) is 3.49. The predicted molar refractivity (Wildman–Crippen MR) is 54.0 cm³/mol. The average Bonchev–Trinajstić information content (AvgIpc) is 2.27. The molecule has 0 fully saturated rings. The number of ether oxygens (including phenoxy) is 2. The number of hydrogen-bond acceptors (Lipinski definition) is 3. The van der Waals surface area contributed by atoms with Crippen molar-refractivity contribution in [2.75, 3.05) is 7.11 Å². The van der Waals surface area contributed by atoms with E-state index in [1.54, 1.807) is 6.07 Å². The smallest absolute Gasteiger partial charge is 0.387 e. The largest absolute Gasteiger partial charge is 0.497 e. The highest BCUT2D eigenvalue weighted by atomic mass is 19.3. The van der Waals surface area contributed by atoms with Crippen molar-refractivity contribution in [3.63, 3.8) is 0 Å². The fraction of sp³-hybridized carbons (Fsp3) is 0.364. The average molecular weight is 230 g/mol. The normalized spacial score (nSPS) is 10.2. The molecule has 0 radical (unpaired) electrons. The van der Waals surface area contributed by atoms with Gasteiger partial charge in [0, 0.05) is 6.42 Å². The van der Waals surface area contributed by atoms with Crippen molar-refractivity contribution >= 4 is 6.29 Å². The molecule has 0 saturated carbocycles. The molecule has 0 aliphatic rings. The monoisotopic (exact) mass is 230 g/mol. The summed E-state index contributed by atoms with van der Waals surface area (Å²) in [5.41, 5.74) is 0.534. The second-order valence-electron chi connectivity index (χ2n) is 3.06. The zero-order chi connectivity index (χ0) is 12.0. The standard InChI is InChI=1S/C11H12F2O3/c1-15-9-4-5-10(16-11(12)13)8(7-9)3-2-6-14/h4-7,11H,2-3H2,1H3. The summed E-state index contributed by atoms with van der Waals surface area (Å²) in [6.45, 7) is -2.87. The quantitative estimate of drug-likeness (QED) is 0.704. The summed E-state index contributed by atoms with van der Waals surface area (Å²) in [4.78, 5) is 10.2. The van der Waals surface area contributed by atoms with Gasteiger partial charge >= 0.3 is 6.61 Å². The fourth-order valence-corrected chi connectivity index (χ4v) is 1.30. The minimum Gasteiger partial charge on any atom is -0.497 e. The lowest BCUT2D eigenvalue weighted by Crippen LogP contribution is -2.05. The van der Waals surface area contributed by atoms with Gasteiger partial charge in [-0.15, -0.1) is 0 Å². The first-order valence-electron chi connectivity index (χ1n) is 4.72. The molecule has 0 bridgehead atoms. The van der Waals surface area contributed by atoms with Crippen LogP contribution in [0.5, 0.6) is 11.5 Å². The Hall–Kier alpha value is -1.65. The summed E-state index contributed by atoms with van der Waals surface area (Å²) in [6.07, 6.45) is 1.33. The number of rotatable bonds is 6. The molecular formula is C11H12F2O3. The predicted octanol–water partition coefficient (Wildman–Crippen LogP) is 2.43. The Morgan fingerprint density at radius 3 is 2.75 bits per heavy atom. The molecule has 0 heterocycles. The Bertz CT molecular complexity index is 353.